The molecule has 0 saturated heterocycles. The van der Waals surface area contributed by atoms with Crippen LogP contribution in [0.5, 0.6) is 5.75 Å². The summed E-state index contributed by atoms with van der Waals surface area (Å²) in [6.45, 7) is -1.13. The van der Waals surface area contributed by atoms with E-state index in [1.54, 1.807) is 18.5 Å². The Morgan fingerprint density at radius 1 is 1.23 bits per heavy atom. The van der Waals surface area contributed by atoms with Crippen molar-refractivity contribution in [2.75, 3.05) is 19.0 Å². The lowest BCUT2D eigenvalue weighted by Crippen LogP contribution is -2.35. The third-order valence-electron chi connectivity index (χ3n) is 5.22. The van der Waals surface area contributed by atoms with Gasteiger partial charge in [0.15, 0.2) is 5.82 Å². The molecule has 0 bridgehead atoms. The number of carbonyl (C=O) groups excluding carboxylic acids is 1. The van der Waals surface area contributed by atoms with Gasteiger partial charge in [-0.2, -0.15) is 8.78 Å². The second kappa shape index (κ2) is 10.1. The van der Waals surface area contributed by atoms with Gasteiger partial charge in [0.25, 0.3) is 11.5 Å². The van der Waals surface area contributed by atoms with Crippen molar-refractivity contribution in [1.82, 2.24) is 24.8 Å². The molecule has 9 nitrogen and oxygen atoms in total. The number of carbonyl (C=O) groups is 1. The Labute approximate surface area is 203 Å². The van der Waals surface area contributed by atoms with E-state index in [9.17, 15) is 18.4 Å². The summed E-state index contributed by atoms with van der Waals surface area (Å²) >= 11 is 6.05. The van der Waals surface area contributed by atoms with Gasteiger partial charge in [0.2, 0.25) is 5.91 Å². The summed E-state index contributed by atoms with van der Waals surface area (Å²) in [6.07, 6.45) is 4.50. The summed E-state index contributed by atoms with van der Waals surface area (Å²) in [5, 5.41) is 5.84. The minimum atomic E-state index is -3.32. The van der Waals surface area contributed by atoms with Gasteiger partial charge in [0, 0.05) is 29.9 Å². The van der Waals surface area contributed by atoms with Crippen molar-refractivity contribution in [3.8, 4) is 5.75 Å². The number of H-pyrrole nitrogens is 1. The quantitative estimate of drug-likeness (QED) is 0.323. The van der Waals surface area contributed by atoms with Gasteiger partial charge >= 0.3 is 0 Å². The molecule has 0 fully saturated rings. The second-order valence-corrected chi connectivity index (χ2v) is 8.03. The fourth-order valence-electron chi connectivity index (χ4n) is 3.37. The molecule has 3 aromatic heterocycles. The topological polar surface area (TPSA) is 114 Å². The summed E-state index contributed by atoms with van der Waals surface area (Å²) in [5.41, 5.74) is 0.405. The SMILES string of the molecule is COc1cccc(C(F)(F)CNc2ncc(Cl)n(CC(=O)NCc3cnc4[nH]ccc4c3)c2=O)c1. The Morgan fingerprint density at radius 2 is 2.06 bits per heavy atom. The van der Waals surface area contributed by atoms with Crippen LogP contribution < -0.4 is 20.9 Å². The number of rotatable bonds is 9. The minimum Gasteiger partial charge on any atom is -0.497 e. The lowest BCUT2D eigenvalue weighted by molar-refractivity contribution is -0.121. The molecular formula is C23H21ClF2N6O3. The average molecular weight is 503 g/mol. The maximum Gasteiger partial charge on any atom is 0.294 e. The highest BCUT2D eigenvalue weighted by molar-refractivity contribution is 6.29. The van der Waals surface area contributed by atoms with Gasteiger partial charge in [-0.1, -0.05) is 23.7 Å². The van der Waals surface area contributed by atoms with E-state index in [1.807, 2.05) is 12.1 Å². The van der Waals surface area contributed by atoms with Crippen LogP contribution in [0.3, 0.4) is 0 Å². The Hall–Kier alpha value is -3.99. The highest BCUT2D eigenvalue weighted by Crippen LogP contribution is 2.30. The molecule has 0 saturated carbocycles. The highest BCUT2D eigenvalue weighted by Gasteiger charge is 2.32. The molecule has 3 N–H and O–H groups in total. The van der Waals surface area contributed by atoms with Crippen molar-refractivity contribution in [2.45, 2.75) is 19.0 Å². The number of halogens is 3. The molecule has 0 spiro atoms. The van der Waals surface area contributed by atoms with E-state index in [0.29, 0.717) is 0 Å². The third-order valence-corrected chi connectivity index (χ3v) is 5.53. The number of nitrogens with one attached hydrogen (secondary N) is 3. The normalized spacial score (nSPS) is 11.4. The zero-order valence-electron chi connectivity index (χ0n) is 18.5. The van der Waals surface area contributed by atoms with Gasteiger partial charge in [-0.25, -0.2) is 9.97 Å². The van der Waals surface area contributed by atoms with Crippen molar-refractivity contribution < 1.29 is 18.3 Å². The third kappa shape index (κ3) is 5.57. The van der Waals surface area contributed by atoms with Crippen LogP contribution in [-0.2, 0) is 23.8 Å². The Morgan fingerprint density at radius 3 is 2.86 bits per heavy atom. The molecule has 0 radical (unpaired) electrons. The van der Waals surface area contributed by atoms with Gasteiger partial charge in [0.1, 0.15) is 23.1 Å². The first-order valence-electron chi connectivity index (χ1n) is 10.5. The van der Waals surface area contributed by atoms with Crippen LogP contribution >= 0.6 is 11.6 Å². The summed E-state index contributed by atoms with van der Waals surface area (Å²) in [5.74, 6) is -3.89. The van der Waals surface area contributed by atoms with Crippen LogP contribution in [-0.4, -0.2) is 39.1 Å². The number of benzene rings is 1. The fraction of sp³-hybridized carbons (Fsp3) is 0.217. The zero-order valence-corrected chi connectivity index (χ0v) is 19.3. The number of alkyl halides is 2. The van der Waals surface area contributed by atoms with Gasteiger partial charge in [-0.15, -0.1) is 0 Å². The summed E-state index contributed by atoms with van der Waals surface area (Å²) in [7, 11) is 1.38. The molecule has 0 aliphatic heterocycles. The first-order chi connectivity index (χ1) is 16.8. The molecule has 0 unspecified atom stereocenters. The van der Waals surface area contributed by atoms with Crippen molar-refractivity contribution in [1.29, 1.82) is 0 Å². The molecule has 182 valence electrons. The molecule has 35 heavy (non-hydrogen) atoms. The van der Waals surface area contributed by atoms with Crippen LogP contribution in [0.4, 0.5) is 14.6 Å². The van der Waals surface area contributed by atoms with Crippen LogP contribution in [0.25, 0.3) is 11.0 Å². The molecule has 1 amide bonds. The maximum atomic E-state index is 14.7. The Balaban J connectivity index is 1.42. The maximum absolute atomic E-state index is 14.7. The van der Waals surface area contributed by atoms with Crippen LogP contribution in [0.15, 0.2) is 59.8 Å². The van der Waals surface area contributed by atoms with E-state index >= 15 is 0 Å². The number of nitrogens with zero attached hydrogens (tertiary/aromatic N) is 3. The number of aromatic amines is 1. The fourth-order valence-corrected chi connectivity index (χ4v) is 3.55. The zero-order chi connectivity index (χ0) is 25.0. The lowest BCUT2D eigenvalue weighted by atomic mass is 10.1. The first kappa shape index (κ1) is 24.1. The molecule has 4 rings (SSSR count). The largest absolute Gasteiger partial charge is 0.497 e. The number of amides is 1. The van der Waals surface area contributed by atoms with Crippen molar-refractivity contribution in [3.63, 3.8) is 0 Å². The number of aromatic nitrogens is 4. The van der Waals surface area contributed by atoms with Gasteiger partial charge < -0.3 is 20.4 Å². The van der Waals surface area contributed by atoms with E-state index in [2.05, 4.69) is 25.6 Å². The van der Waals surface area contributed by atoms with Crippen LogP contribution in [0, 0.1) is 0 Å². The van der Waals surface area contributed by atoms with Gasteiger partial charge in [-0.3, -0.25) is 14.2 Å². The molecule has 4 aromatic rings. The Kier molecular flexibility index (Phi) is 6.97. The number of anilines is 1. The first-order valence-corrected chi connectivity index (χ1v) is 10.8. The molecule has 0 aliphatic rings. The summed E-state index contributed by atoms with van der Waals surface area (Å²) < 4.78 is 35.3. The van der Waals surface area contributed by atoms with E-state index in [4.69, 9.17) is 16.3 Å². The molecule has 0 aliphatic carbocycles. The Bertz CT molecular complexity index is 1420. The smallest absolute Gasteiger partial charge is 0.294 e. The summed E-state index contributed by atoms with van der Waals surface area (Å²) in [4.78, 5) is 36.3. The standard InChI is InChI=1S/C23H21ClF2N6O3/c1-35-17-4-2-3-16(8-17)23(25,26)13-31-21-22(34)32(18(24)11-30-21)12-19(33)28-9-14-7-15-5-6-27-20(15)29-10-14/h2-8,10-11H,9,12-13H2,1H3,(H,27,29)(H,28,33)(H,30,31). The monoisotopic (exact) mass is 502 g/mol. The van der Waals surface area contributed by atoms with E-state index < -0.39 is 30.5 Å². The number of pyridine rings is 1. The number of hydrogen-bond donors (Lipinski definition) is 3. The van der Waals surface area contributed by atoms with Crippen molar-refractivity contribution in [3.05, 3.63) is 81.6 Å². The van der Waals surface area contributed by atoms with Crippen LogP contribution in [0.2, 0.25) is 5.15 Å². The van der Waals surface area contributed by atoms with Crippen molar-refractivity contribution in [2.24, 2.45) is 0 Å². The van der Waals surface area contributed by atoms with E-state index in [0.717, 1.165) is 27.4 Å². The summed E-state index contributed by atoms with van der Waals surface area (Å²) in [6, 6.07) is 9.19. The molecule has 12 heteroatoms. The lowest BCUT2D eigenvalue weighted by Gasteiger charge is -2.18. The second-order valence-electron chi connectivity index (χ2n) is 7.65. The minimum absolute atomic E-state index is 0.106. The number of fused-ring (bicyclic) bond motifs is 1. The van der Waals surface area contributed by atoms with Gasteiger partial charge in [-0.05, 0) is 29.8 Å². The average Bonchev–Trinajstić information content (AvgIpc) is 3.33. The van der Waals surface area contributed by atoms with E-state index in [1.165, 1.54) is 25.3 Å². The molecule has 0 atom stereocenters. The molecular weight excluding hydrogens is 482 g/mol. The predicted octanol–water partition coefficient (Wildman–Crippen LogP) is 3.30. The number of hydrogen-bond acceptors (Lipinski definition) is 6. The number of methoxy groups -OCH3 is 1. The highest BCUT2D eigenvalue weighted by atomic mass is 35.5. The molecule has 1 aromatic carbocycles. The number of ether oxygens (including phenoxy) is 1. The van der Waals surface area contributed by atoms with Crippen LogP contribution in [0.1, 0.15) is 11.1 Å². The van der Waals surface area contributed by atoms with Crippen molar-refractivity contribution >= 4 is 34.4 Å². The predicted molar refractivity (Wildman–Crippen MR) is 127 cm³/mol. The van der Waals surface area contributed by atoms with Gasteiger partial charge in [0.05, 0.1) is 19.9 Å². The molecule has 3 heterocycles. The van der Waals surface area contributed by atoms with E-state index in [-0.39, 0.29) is 28.8 Å².